The van der Waals surface area contributed by atoms with E-state index < -0.39 is 24.1 Å². The highest BCUT2D eigenvalue weighted by atomic mass is 36.0. The Kier molecular flexibility index (Phi) is 13.0. The average Bonchev–Trinajstić information content (AvgIpc) is 3.03. The molecule has 1 N–H and O–H groups in total. The zero-order valence-corrected chi connectivity index (χ0v) is 26.7. The van der Waals surface area contributed by atoms with Gasteiger partial charge in [0.15, 0.2) is 0 Å². The molecule has 5 rings (SSSR count). The lowest BCUT2D eigenvalue weighted by Gasteiger charge is -2.14. The van der Waals surface area contributed by atoms with Gasteiger partial charge in [0.1, 0.15) is 28.8 Å². The fraction of sp³-hybridized carbons (Fsp3) is 0. The van der Waals surface area contributed by atoms with Crippen molar-refractivity contribution < 1.29 is 35.1 Å². The molecular weight excluding hydrogens is 697 g/mol. The third kappa shape index (κ3) is 12.9. The smallest absolute Gasteiger partial charge is 0.317 e. The van der Waals surface area contributed by atoms with E-state index >= 15 is 0 Å². The molecule has 1 heterocycles. The van der Waals surface area contributed by atoms with Gasteiger partial charge in [-0.2, -0.15) is 23.9 Å². The van der Waals surface area contributed by atoms with E-state index in [1.165, 1.54) is 48.5 Å². The van der Waals surface area contributed by atoms with Gasteiger partial charge in [-0.3, -0.25) is 4.72 Å². The summed E-state index contributed by atoms with van der Waals surface area (Å²) in [5.41, 5.74) is 0.881. The van der Waals surface area contributed by atoms with Crippen molar-refractivity contribution in [3.63, 3.8) is 0 Å². The third-order valence-electron chi connectivity index (χ3n) is 5.34. The maximum Gasteiger partial charge on any atom is 0.317 e. The number of nitriles is 2. The minimum absolute atomic E-state index is 0.00543. The minimum atomic E-state index is -4.09. The number of pyridine rings is 1. The Balaban J connectivity index is 0.000000421. The van der Waals surface area contributed by atoms with Gasteiger partial charge in [-0.05, 0) is 91.0 Å². The molecule has 10 nitrogen and oxygen atoms in total. The van der Waals surface area contributed by atoms with Gasteiger partial charge in [0.05, 0.1) is 28.2 Å². The van der Waals surface area contributed by atoms with Gasteiger partial charge in [0.25, 0.3) is 10.0 Å². The first kappa shape index (κ1) is 36.2. The van der Waals surface area contributed by atoms with Gasteiger partial charge in [0.2, 0.25) is 11.8 Å². The standard InChI is InChI=1S/C25H15FN4O4S.C6H5F.Cl2O2S/c26-19-5-11-22(12-6-19)35(31,32)30-23-13-14-24(33-20-7-1-17(15-27)2-8-20)29-25(23)34-21-9-3-18(16-28)4-10-21;7-6-4-2-1-3-5-6;1-5(2,3)4/h1-14,30H;1-5H;. The predicted molar refractivity (Wildman–Crippen MR) is 171 cm³/mol. The highest BCUT2D eigenvalue weighted by Gasteiger charge is 2.19. The average molecular weight is 718 g/mol. The van der Waals surface area contributed by atoms with Crippen LogP contribution in [0, 0.1) is 34.3 Å². The normalized spacial score (nSPS) is 10.4. The van der Waals surface area contributed by atoms with E-state index in [1.54, 1.807) is 42.5 Å². The number of aromatic nitrogens is 1. The van der Waals surface area contributed by atoms with E-state index in [2.05, 4.69) is 31.1 Å². The fourth-order valence-electron chi connectivity index (χ4n) is 3.30. The van der Waals surface area contributed by atoms with Gasteiger partial charge in [-0.25, -0.2) is 17.2 Å². The Morgan fingerprint density at radius 2 is 1.11 bits per heavy atom. The number of sulfonamides is 1. The Morgan fingerprint density at radius 1 is 0.638 bits per heavy atom. The lowest BCUT2D eigenvalue weighted by Crippen LogP contribution is -2.14. The van der Waals surface area contributed by atoms with Gasteiger partial charge in [-0.15, -0.1) is 0 Å². The molecule has 4 aromatic carbocycles. The summed E-state index contributed by atoms with van der Waals surface area (Å²) in [7, 11) is 0.727. The summed E-state index contributed by atoms with van der Waals surface area (Å²) >= 11 is 0. The van der Waals surface area contributed by atoms with Crippen LogP contribution in [-0.4, -0.2) is 21.8 Å². The van der Waals surface area contributed by atoms with Crippen LogP contribution in [0.3, 0.4) is 0 Å². The molecule has 0 amide bonds. The quantitative estimate of drug-likeness (QED) is 0.165. The molecule has 0 aliphatic heterocycles. The molecule has 0 radical (unpaired) electrons. The first-order valence-corrected chi connectivity index (χ1v) is 17.4. The highest BCUT2D eigenvalue weighted by molar-refractivity contribution is 8.31. The Bertz CT molecular complexity index is 2090. The lowest BCUT2D eigenvalue weighted by atomic mass is 10.2. The van der Waals surface area contributed by atoms with Crippen LogP contribution in [0.1, 0.15) is 11.1 Å². The van der Waals surface area contributed by atoms with Gasteiger partial charge in [-0.1, -0.05) is 18.2 Å². The van der Waals surface area contributed by atoms with Gasteiger partial charge in [0, 0.05) is 27.4 Å². The molecule has 0 bridgehead atoms. The van der Waals surface area contributed by atoms with Crippen molar-refractivity contribution in [3.05, 3.63) is 138 Å². The van der Waals surface area contributed by atoms with Crippen molar-refractivity contribution in [1.29, 1.82) is 10.5 Å². The minimum Gasteiger partial charge on any atom is -0.439 e. The number of ether oxygens (including phenoxy) is 2. The number of nitrogens with one attached hydrogen (secondary N) is 1. The molecule has 0 saturated carbocycles. The molecule has 0 fully saturated rings. The molecule has 240 valence electrons. The molecule has 0 aliphatic rings. The molecule has 16 heteroatoms. The first-order chi connectivity index (χ1) is 22.3. The van der Waals surface area contributed by atoms with Crippen LogP contribution in [0.25, 0.3) is 0 Å². The second-order valence-corrected chi connectivity index (χ2v) is 14.1. The van der Waals surface area contributed by atoms with Crippen molar-refractivity contribution in [3.8, 4) is 35.4 Å². The second-order valence-electron chi connectivity index (χ2n) is 8.71. The van der Waals surface area contributed by atoms with Crippen LogP contribution >= 0.6 is 21.4 Å². The van der Waals surface area contributed by atoms with E-state index in [0.717, 1.165) is 24.3 Å². The summed E-state index contributed by atoms with van der Waals surface area (Å²) in [6.45, 7) is 0. The van der Waals surface area contributed by atoms with E-state index in [-0.39, 0.29) is 28.2 Å². The zero-order chi connectivity index (χ0) is 34.5. The van der Waals surface area contributed by atoms with Crippen LogP contribution in [0.5, 0.6) is 23.3 Å². The van der Waals surface area contributed by atoms with E-state index in [1.807, 2.05) is 12.1 Å². The summed E-state index contributed by atoms with van der Waals surface area (Å²) in [4.78, 5) is 4.13. The Hall–Kier alpha value is -5.25. The summed E-state index contributed by atoms with van der Waals surface area (Å²) in [5, 5.41) is 17.9. The lowest BCUT2D eigenvalue weighted by molar-refractivity contribution is 0.428. The monoisotopic (exact) mass is 716 g/mol. The molecule has 47 heavy (non-hydrogen) atoms. The topological polar surface area (TPSA) is 159 Å². The molecule has 1 aromatic heterocycles. The summed E-state index contributed by atoms with van der Waals surface area (Å²) in [6.07, 6.45) is 0. The molecule has 0 unspecified atom stereocenters. The first-order valence-electron chi connectivity index (χ1n) is 12.8. The molecular formula is C31H20Cl2F2N4O6S2. The summed E-state index contributed by atoms with van der Waals surface area (Å²) in [5.74, 6) is -0.0633. The van der Waals surface area contributed by atoms with Crippen LogP contribution < -0.4 is 14.2 Å². The SMILES string of the molecule is Fc1ccccc1.N#Cc1ccc(Oc2ccc(NS(=O)(=O)c3ccc(F)cc3)c(Oc3ccc(C#N)cc3)n2)cc1.O=S(=O)(Cl)Cl. The third-order valence-corrected chi connectivity index (χ3v) is 6.72. The molecule has 0 aliphatic carbocycles. The Labute approximate surface area is 278 Å². The summed E-state index contributed by atoms with van der Waals surface area (Å²) < 4.78 is 83.0. The largest absolute Gasteiger partial charge is 0.439 e. The zero-order valence-electron chi connectivity index (χ0n) is 23.6. The number of nitrogens with zero attached hydrogens (tertiary/aromatic N) is 3. The van der Waals surface area contributed by atoms with Crippen molar-refractivity contribution in [2.75, 3.05) is 4.72 Å². The number of hydrogen-bond acceptors (Lipinski definition) is 9. The number of rotatable bonds is 7. The van der Waals surface area contributed by atoms with Crippen LogP contribution in [0.4, 0.5) is 14.5 Å². The number of halogens is 4. The summed E-state index contributed by atoms with van der Waals surface area (Å²) in [6, 6.07) is 31.6. The van der Waals surface area contributed by atoms with E-state index in [4.69, 9.17) is 28.4 Å². The second kappa shape index (κ2) is 16.9. The number of hydrogen-bond donors (Lipinski definition) is 1. The molecule has 0 saturated heterocycles. The van der Waals surface area contributed by atoms with Crippen molar-refractivity contribution in [1.82, 2.24) is 4.98 Å². The van der Waals surface area contributed by atoms with Gasteiger partial charge >= 0.3 is 8.26 Å². The number of anilines is 1. The number of benzene rings is 4. The maximum atomic E-state index is 13.2. The van der Waals surface area contributed by atoms with E-state index in [9.17, 15) is 17.2 Å². The maximum absolute atomic E-state index is 13.2. The van der Waals surface area contributed by atoms with Crippen LogP contribution in [0.2, 0.25) is 0 Å². The van der Waals surface area contributed by atoms with Crippen LogP contribution in [-0.2, 0) is 18.3 Å². The fourth-order valence-corrected chi connectivity index (χ4v) is 4.35. The van der Waals surface area contributed by atoms with Crippen molar-refractivity contribution in [2.24, 2.45) is 0 Å². The van der Waals surface area contributed by atoms with Crippen molar-refractivity contribution >= 4 is 45.3 Å². The van der Waals surface area contributed by atoms with E-state index in [0.29, 0.717) is 22.6 Å². The van der Waals surface area contributed by atoms with Gasteiger partial charge < -0.3 is 9.47 Å². The highest BCUT2D eigenvalue weighted by Crippen LogP contribution is 2.33. The van der Waals surface area contributed by atoms with Crippen LogP contribution in [0.15, 0.2) is 120 Å². The van der Waals surface area contributed by atoms with Crippen molar-refractivity contribution in [2.45, 2.75) is 4.90 Å². The predicted octanol–water partition coefficient (Wildman–Crippen LogP) is 7.88. The Morgan fingerprint density at radius 3 is 1.55 bits per heavy atom. The molecule has 0 spiro atoms. The molecule has 0 atom stereocenters. The molecule has 5 aromatic rings.